The number of para-hydroxylation sites is 3. The highest BCUT2D eigenvalue weighted by molar-refractivity contribution is 5.72. The lowest BCUT2D eigenvalue weighted by atomic mass is 10.3. The summed E-state index contributed by atoms with van der Waals surface area (Å²) in [5, 5.41) is 3.38. The number of fused-ring (bicyclic) bond motifs is 1. The van der Waals surface area contributed by atoms with Crippen molar-refractivity contribution in [3.8, 4) is 0 Å². The first-order chi connectivity index (χ1) is 9.42. The quantitative estimate of drug-likeness (QED) is 0.700. The monoisotopic (exact) mass is 252 g/mol. The highest BCUT2D eigenvalue weighted by atomic mass is 16.3. The summed E-state index contributed by atoms with van der Waals surface area (Å²) in [6.07, 6.45) is 1.86. The molecule has 0 saturated carbocycles. The molecule has 0 radical (unpaired) electrons. The van der Waals surface area contributed by atoms with Crippen LogP contribution in [0.4, 0.5) is 5.69 Å². The molecule has 0 bridgehead atoms. The second kappa shape index (κ2) is 5.57. The molecule has 19 heavy (non-hydrogen) atoms. The number of aromatic nitrogens is 1. The molecule has 3 aromatic rings. The predicted molar refractivity (Wildman–Crippen MR) is 77.3 cm³/mol. The molecule has 0 amide bonds. The molecule has 2 aromatic carbocycles. The van der Waals surface area contributed by atoms with Gasteiger partial charge in [-0.15, -0.1) is 0 Å². The van der Waals surface area contributed by atoms with Crippen LogP contribution in [0, 0.1) is 0 Å². The van der Waals surface area contributed by atoms with Gasteiger partial charge in [0.25, 0.3) is 0 Å². The van der Waals surface area contributed by atoms with E-state index in [0.717, 1.165) is 42.1 Å². The maximum atomic E-state index is 5.68. The summed E-state index contributed by atoms with van der Waals surface area (Å²) in [5.74, 6) is 0.816. The average molecular weight is 252 g/mol. The molecule has 0 fully saturated rings. The standard InChI is InChI=1S/C16H16N2O/c1-2-7-13(8-3-1)17-12-6-11-16-18-14-9-4-5-10-15(14)19-16/h1-5,7-10,17H,6,11-12H2. The smallest absolute Gasteiger partial charge is 0.195 e. The van der Waals surface area contributed by atoms with Crippen molar-refractivity contribution in [2.75, 3.05) is 11.9 Å². The van der Waals surface area contributed by atoms with Gasteiger partial charge in [-0.3, -0.25) is 0 Å². The number of rotatable bonds is 5. The molecule has 3 heteroatoms. The third-order valence-electron chi connectivity index (χ3n) is 3.01. The summed E-state index contributed by atoms with van der Waals surface area (Å²) in [4.78, 5) is 4.46. The normalized spacial score (nSPS) is 10.7. The Kier molecular flexibility index (Phi) is 3.45. The lowest BCUT2D eigenvalue weighted by Crippen LogP contribution is -2.02. The summed E-state index contributed by atoms with van der Waals surface area (Å²) in [6.45, 7) is 0.919. The molecular weight excluding hydrogens is 236 g/mol. The fraction of sp³-hybridized carbons (Fsp3) is 0.188. The molecular formula is C16H16N2O. The van der Waals surface area contributed by atoms with Crippen LogP contribution in [-0.2, 0) is 6.42 Å². The van der Waals surface area contributed by atoms with Crippen LogP contribution in [0.15, 0.2) is 59.0 Å². The molecule has 1 aromatic heterocycles. The van der Waals surface area contributed by atoms with Gasteiger partial charge in [-0.05, 0) is 30.7 Å². The van der Waals surface area contributed by atoms with Gasteiger partial charge in [-0.25, -0.2) is 4.98 Å². The molecule has 0 aliphatic rings. The first-order valence-corrected chi connectivity index (χ1v) is 6.55. The lowest BCUT2D eigenvalue weighted by Gasteiger charge is -2.04. The minimum absolute atomic E-state index is 0.816. The van der Waals surface area contributed by atoms with Gasteiger partial charge in [0.2, 0.25) is 0 Å². The maximum absolute atomic E-state index is 5.68. The molecule has 0 aliphatic carbocycles. The molecule has 0 aliphatic heterocycles. The number of oxazole rings is 1. The number of nitrogens with one attached hydrogen (secondary N) is 1. The topological polar surface area (TPSA) is 38.1 Å². The minimum Gasteiger partial charge on any atom is -0.441 e. The third kappa shape index (κ3) is 2.94. The average Bonchev–Trinajstić information content (AvgIpc) is 2.87. The number of hydrogen-bond acceptors (Lipinski definition) is 3. The van der Waals surface area contributed by atoms with Crippen molar-refractivity contribution in [2.45, 2.75) is 12.8 Å². The van der Waals surface area contributed by atoms with E-state index in [1.165, 1.54) is 0 Å². The van der Waals surface area contributed by atoms with Crippen molar-refractivity contribution >= 4 is 16.8 Å². The first kappa shape index (κ1) is 11.8. The maximum Gasteiger partial charge on any atom is 0.195 e. The van der Waals surface area contributed by atoms with Crippen molar-refractivity contribution in [1.29, 1.82) is 0 Å². The van der Waals surface area contributed by atoms with E-state index in [0.29, 0.717) is 0 Å². The van der Waals surface area contributed by atoms with Gasteiger partial charge in [0.15, 0.2) is 11.5 Å². The van der Waals surface area contributed by atoms with Gasteiger partial charge in [0.05, 0.1) is 0 Å². The van der Waals surface area contributed by atoms with E-state index in [1.54, 1.807) is 0 Å². The van der Waals surface area contributed by atoms with E-state index >= 15 is 0 Å². The number of benzene rings is 2. The zero-order valence-electron chi connectivity index (χ0n) is 10.7. The van der Waals surface area contributed by atoms with Gasteiger partial charge < -0.3 is 9.73 Å². The van der Waals surface area contributed by atoms with E-state index in [1.807, 2.05) is 42.5 Å². The predicted octanol–water partition coefficient (Wildman–Crippen LogP) is 3.87. The fourth-order valence-corrected chi connectivity index (χ4v) is 2.06. The van der Waals surface area contributed by atoms with Crippen LogP contribution >= 0.6 is 0 Å². The largest absolute Gasteiger partial charge is 0.441 e. The van der Waals surface area contributed by atoms with Crippen molar-refractivity contribution in [1.82, 2.24) is 4.98 Å². The minimum atomic E-state index is 0.816. The second-order valence-electron chi connectivity index (χ2n) is 4.47. The zero-order chi connectivity index (χ0) is 12.9. The van der Waals surface area contributed by atoms with E-state index in [-0.39, 0.29) is 0 Å². The summed E-state index contributed by atoms with van der Waals surface area (Å²) in [7, 11) is 0. The van der Waals surface area contributed by atoms with Crippen LogP contribution in [0.1, 0.15) is 12.3 Å². The first-order valence-electron chi connectivity index (χ1n) is 6.55. The lowest BCUT2D eigenvalue weighted by molar-refractivity contribution is 0.523. The zero-order valence-corrected chi connectivity index (χ0v) is 10.7. The van der Waals surface area contributed by atoms with Crippen molar-refractivity contribution < 1.29 is 4.42 Å². The third-order valence-corrected chi connectivity index (χ3v) is 3.01. The van der Waals surface area contributed by atoms with Crippen molar-refractivity contribution in [3.05, 3.63) is 60.5 Å². The Morgan fingerprint density at radius 3 is 2.58 bits per heavy atom. The van der Waals surface area contributed by atoms with Gasteiger partial charge in [-0.1, -0.05) is 30.3 Å². The van der Waals surface area contributed by atoms with E-state index < -0.39 is 0 Å². The summed E-state index contributed by atoms with van der Waals surface area (Å²) >= 11 is 0. The highest BCUT2D eigenvalue weighted by Gasteiger charge is 2.03. The molecule has 0 atom stereocenters. The Labute approximate surface area is 112 Å². The second-order valence-corrected chi connectivity index (χ2v) is 4.47. The van der Waals surface area contributed by atoms with E-state index in [9.17, 15) is 0 Å². The molecule has 96 valence electrons. The van der Waals surface area contributed by atoms with Crippen molar-refractivity contribution in [3.63, 3.8) is 0 Å². The molecule has 1 N–H and O–H groups in total. The van der Waals surface area contributed by atoms with Gasteiger partial charge in [-0.2, -0.15) is 0 Å². The Hall–Kier alpha value is -2.29. The number of nitrogens with zero attached hydrogens (tertiary/aromatic N) is 1. The van der Waals surface area contributed by atoms with Crippen LogP contribution in [0.2, 0.25) is 0 Å². The highest BCUT2D eigenvalue weighted by Crippen LogP contribution is 2.15. The van der Waals surface area contributed by atoms with Crippen LogP contribution in [0.25, 0.3) is 11.1 Å². The summed E-state index contributed by atoms with van der Waals surface area (Å²) < 4.78 is 5.68. The van der Waals surface area contributed by atoms with Crippen LogP contribution in [0.3, 0.4) is 0 Å². The molecule has 0 saturated heterocycles. The Balaban J connectivity index is 1.52. The van der Waals surface area contributed by atoms with E-state index in [2.05, 4.69) is 22.4 Å². The molecule has 3 rings (SSSR count). The Bertz CT molecular complexity index is 613. The van der Waals surface area contributed by atoms with Crippen LogP contribution in [0.5, 0.6) is 0 Å². The molecule has 1 heterocycles. The Morgan fingerprint density at radius 1 is 0.947 bits per heavy atom. The Morgan fingerprint density at radius 2 is 1.74 bits per heavy atom. The summed E-state index contributed by atoms with van der Waals surface area (Å²) in [5.41, 5.74) is 2.96. The van der Waals surface area contributed by atoms with Gasteiger partial charge in [0.1, 0.15) is 5.52 Å². The fourth-order valence-electron chi connectivity index (χ4n) is 2.06. The number of hydrogen-bond donors (Lipinski definition) is 1. The SMILES string of the molecule is c1ccc(NCCCc2nc3ccccc3o2)cc1. The van der Waals surface area contributed by atoms with Gasteiger partial charge in [0, 0.05) is 18.7 Å². The van der Waals surface area contributed by atoms with E-state index in [4.69, 9.17) is 4.42 Å². The van der Waals surface area contributed by atoms with Gasteiger partial charge >= 0.3 is 0 Å². The number of anilines is 1. The summed E-state index contributed by atoms with van der Waals surface area (Å²) in [6, 6.07) is 18.1. The molecule has 0 unspecified atom stereocenters. The molecule has 3 nitrogen and oxygen atoms in total. The van der Waals surface area contributed by atoms with Crippen molar-refractivity contribution in [2.24, 2.45) is 0 Å². The van der Waals surface area contributed by atoms with Crippen LogP contribution in [-0.4, -0.2) is 11.5 Å². The van der Waals surface area contributed by atoms with Crippen LogP contribution < -0.4 is 5.32 Å². The molecule has 0 spiro atoms. The number of aryl methyl sites for hydroxylation is 1.